The topological polar surface area (TPSA) is 43.4 Å². The summed E-state index contributed by atoms with van der Waals surface area (Å²) in [4.78, 5) is 23.1. The summed E-state index contributed by atoms with van der Waals surface area (Å²) in [6, 6.07) is 9.52. The second-order valence-electron chi connectivity index (χ2n) is 4.49. The third-order valence-corrected chi connectivity index (χ3v) is 2.69. The van der Waals surface area contributed by atoms with Crippen LogP contribution in [-0.2, 0) is 20.9 Å². The van der Waals surface area contributed by atoms with Crippen molar-refractivity contribution < 1.29 is 14.3 Å². The van der Waals surface area contributed by atoms with Gasteiger partial charge in [0, 0.05) is 12.8 Å². The molecule has 0 saturated carbocycles. The summed E-state index contributed by atoms with van der Waals surface area (Å²) in [5.41, 5.74) is 0.956. The van der Waals surface area contributed by atoms with E-state index in [1.807, 2.05) is 37.3 Å². The molecule has 18 heavy (non-hydrogen) atoms. The van der Waals surface area contributed by atoms with E-state index in [1.54, 1.807) is 6.92 Å². The molecule has 0 aliphatic rings. The number of carbonyl (C=O) groups is 2. The van der Waals surface area contributed by atoms with E-state index < -0.39 is 0 Å². The number of hydrogen-bond donors (Lipinski definition) is 0. The third-order valence-electron chi connectivity index (χ3n) is 2.69. The molecular formula is C15H20O3. The van der Waals surface area contributed by atoms with Gasteiger partial charge in [-0.15, -0.1) is 0 Å². The first kappa shape index (κ1) is 14.4. The van der Waals surface area contributed by atoms with E-state index in [9.17, 15) is 9.59 Å². The van der Waals surface area contributed by atoms with Crippen LogP contribution in [0.4, 0.5) is 0 Å². The molecule has 0 heterocycles. The molecule has 1 atom stereocenters. The zero-order valence-corrected chi connectivity index (χ0v) is 11.0. The van der Waals surface area contributed by atoms with Gasteiger partial charge in [-0.25, -0.2) is 0 Å². The first-order valence-corrected chi connectivity index (χ1v) is 6.35. The van der Waals surface area contributed by atoms with Crippen LogP contribution < -0.4 is 0 Å². The summed E-state index contributed by atoms with van der Waals surface area (Å²) in [5, 5.41) is 0. The normalized spacial score (nSPS) is 11.9. The third kappa shape index (κ3) is 5.13. The molecule has 0 saturated heterocycles. The molecule has 0 aliphatic heterocycles. The van der Waals surface area contributed by atoms with Crippen LogP contribution in [0.3, 0.4) is 0 Å². The first-order valence-electron chi connectivity index (χ1n) is 6.35. The van der Waals surface area contributed by atoms with E-state index in [0.29, 0.717) is 6.42 Å². The highest BCUT2D eigenvalue weighted by Crippen LogP contribution is 2.10. The Labute approximate surface area is 108 Å². The zero-order valence-electron chi connectivity index (χ0n) is 11.0. The quantitative estimate of drug-likeness (QED) is 0.696. The SMILES string of the molecule is CCCC(=O)C[C@@H](C)C(=O)OCc1ccccc1. The number of benzene rings is 1. The molecule has 3 nitrogen and oxygen atoms in total. The van der Waals surface area contributed by atoms with Crippen LogP contribution in [0.5, 0.6) is 0 Å². The van der Waals surface area contributed by atoms with Gasteiger partial charge in [0.15, 0.2) is 0 Å². The van der Waals surface area contributed by atoms with Gasteiger partial charge in [-0.1, -0.05) is 44.2 Å². The number of rotatable bonds is 7. The Morgan fingerprint density at radius 2 is 1.89 bits per heavy atom. The zero-order chi connectivity index (χ0) is 13.4. The van der Waals surface area contributed by atoms with Crippen molar-refractivity contribution in [3.63, 3.8) is 0 Å². The highest BCUT2D eigenvalue weighted by atomic mass is 16.5. The number of carbonyl (C=O) groups excluding carboxylic acids is 2. The number of Topliss-reactive ketones (excluding diaryl/α,β-unsaturated/α-hetero) is 1. The van der Waals surface area contributed by atoms with Gasteiger partial charge in [-0.2, -0.15) is 0 Å². The molecular weight excluding hydrogens is 228 g/mol. The van der Waals surface area contributed by atoms with Crippen molar-refractivity contribution in [3.8, 4) is 0 Å². The lowest BCUT2D eigenvalue weighted by Gasteiger charge is -2.10. The maximum absolute atomic E-state index is 11.7. The fourth-order valence-electron chi connectivity index (χ4n) is 1.68. The Bertz CT molecular complexity index is 384. The average Bonchev–Trinajstić information content (AvgIpc) is 2.37. The van der Waals surface area contributed by atoms with Crippen LogP contribution >= 0.6 is 0 Å². The minimum atomic E-state index is -0.354. The Balaban J connectivity index is 2.34. The fourth-order valence-corrected chi connectivity index (χ4v) is 1.68. The van der Waals surface area contributed by atoms with Crippen molar-refractivity contribution in [2.45, 2.75) is 39.7 Å². The summed E-state index contributed by atoms with van der Waals surface area (Å²) in [6.45, 7) is 3.96. The summed E-state index contributed by atoms with van der Waals surface area (Å²) in [6.07, 6.45) is 1.64. The number of ketones is 1. The van der Waals surface area contributed by atoms with Gasteiger partial charge in [0.1, 0.15) is 12.4 Å². The summed E-state index contributed by atoms with van der Waals surface area (Å²) >= 11 is 0. The smallest absolute Gasteiger partial charge is 0.309 e. The Kier molecular flexibility index (Phi) is 6.12. The van der Waals surface area contributed by atoms with E-state index in [1.165, 1.54) is 0 Å². The van der Waals surface area contributed by atoms with E-state index in [-0.39, 0.29) is 30.7 Å². The largest absolute Gasteiger partial charge is 0.461 e. The molecule has 1 aromatic carbocycles. The highest BCUT2D eigenvalue weighted by Gasteiger charge is 2.17. The van der Waals surface area contributed by atoms with Gasteiger partial charge in [-0.3, -0.25) is 9.59 Å². The number of ether oxygens (including phenoxy) is 1. The molecule has 98 valence electrons. The van der Waals surface area contributed by atoms with Crippen LogP contribution in [0.15, 0.2) is 30.3 Å². The lowest BCUT2D eigenvalue weighted by atomic mass is 10.0. The molecule has 3 heteroatoms. The van der Waals surface area contributed by atoms with Crippen molar-refractivity contribution in [3.05, 3.63) is 35.9 Å². The lowest BCUT2D eigenvalue weighted by molar-refractivity contribution is -0.150. The van der Waals surface area contributed by atoms with Crippen LogP contribution in [0.2, 0.25) is 0 Å². The lowest BCUT2D eigenvalue weighted by Crippen LogP contribution is -2.18. The molecule has 0 aromatic heterocycles. The summed E-state index contributed by atoms with van der Waals surface area (Å²) < 4.78 is 5.18. The monoisotopic (exact) mass is 248 g/mol. The van der Waals surface area contributed by atoms with Crippen molar-refractivity contribution in [2.75, 3.05) is 0 Å². The Morgan fingerprint density at radius 1 is 1.22 bits per heavy atom. The number of hydrogen-bond acceptors (Lipinski definition) is 3. The Hall–Kier alpha value is -1.64. The molecule has 0 bridgehead atoms. The van der Waals surface area contributed by atoms with Crippen LogP contribution in [0.25, 0.3) is 0 Å². The minimum Gasteiger partial charge on any atom is -0.461 e. The molecule has 0 N–H and O–H groups in total. The van der Waals surface area contributed by atoms with Gasteiger partial charge in [0.2, 0.25) is 0 Å². The predicted octanol–water partition coefficient (Wildman–Crippen LogP) is 3.13. The van der Waals surface area contributed by atoms with E-state index in [0.717, 1.165) is 12.0 Å². The van der Waals surface area contributed by atoms with Crippen molar-refractivity contribution in [2.24, 2.45) is 5.92 Å². The van der Waals surface area contributed by atoms with E-state index in [4.69, 9.17) is 4.74 Å². The van der Waals surface area contributed by atoms with Gasteiger partial charge >= 0.3 is 5.97 Å². The number of esters is 1. The van der Waals surface area contributed by atoms with Gasteiger partial charge < -0.3 is 4.74 Å². The molecule has 0 aliphatic carbocycles. The fraction of sp³-hybridized carbons (Fsp3) is 0.467. The molecule has 1 aromatic rings. The van der Waals surface area contributed by atoms with Gasteiger partial charge in [0.05, 0.1) is 5.92 Å². The van der Waals surface area contributed by atoms with E-state index in [2.05, 4.69) is 0 Å². The van der Waals surface area contributed by atoms with Crippen molar-refractivity contribution in [1.29, 1.82) is 0 Å². The van der Waals surface area contributed by atoms with Crippen LogP contribution in [-0.4, -0.2) is 11.8 Å². The summed E-state index contributed by atoms with van der Waals surface area (Å²) in [5.74, 6) is -0.530. The van der Waals surface area contributed by atoms with Crippen LogP contribution in [0, 0.1) is 5.92 Å². The minimum absolute atomic E-state index is 0.127. The standard InChI is InChI=1S/C15H20O3/c1-3-7-14(16)10-12(2)15(17)18-11-13-8-5-4-6-9-13/h4-6,8-9,12H,3,7,10-11H2,1-2H3/t12-/m1/s1. The second kappa shape index (κ2) is 7.64. The molecule has 0 radical (unpaired) electrons. The summed E-state index contributed by atoms with van der Waals surface area (Å²) in [7, 11) is 0. The molecule has 0 fully saturated rings. The molecule has 0 spiro atoms. The van der Waals surface area contributed by atoms with E-state index >= 15 is 0 Å². The maximum atomic E-state index is 11.7. The molecule has 0 amide bonds. The Morgan fingerprint density at radius 3 is 2.50 bits per heavy atom. The van der Waals surface area contributed by atoms with Gasteiger partial charge in [-0.05, 0) is 12.0 Å². The predicted molar refractivity (Wildman–Crippen MR) is 69.9 cm³/mol. The first-order chi connectivity index (χ1) is 8.63. The van der Waals surface area contributed by atoms with Crippen molar-refractivity contribution in [1.82, 2.24) is 0 Å². The van der Waals surface area contributed by atoms with Crippen LogP contribution in [0.1, 0.15) is 38.7 Å². The average molecular weight is 248 g/mol. The molecule has 0 unspecified atom stereocenters. The second-order valence-corrected chi connectivity index (χ2v) is 4.49. The van der Waals surface area contributed by atoms with Gasteiger partial charge in [0.25, 0.3) is 0 Å². The molecule has 1 rings (SSSR count). The van der Waals surface area contributed by atoms with Crippen molar-refractivity contribution >= 4 is 11.8 Å². The highest BCUT2D eigenvalue weighted by molar-refractivity contribution is 5.84. The maximum Gasteiger partial charge on any atom is 0.309 e.